The average molecular weight is 221 g/mol. The molecule has 0 N–H and O–H groups in total. The number of amides is 1. The molecule has 1 heterocycles. The summed E-state index contributed by atoms with van der Waals surface area (Å²) in [5, 5.41) is 0. The maximum absolute atomic E-state index is 11.9. The van der Waals surface area contributed by atoms with Crippen molar-refractivity contribution in [3.8, 4) is 0 Å². The molecule has 0 bridgehead atoms. The molecule has 15 heavy (non-hydrogen) atoms. The van der Waals surface area contributed by atoms with Crippen LogP contribution in [0.25, 0.3) is 0 Å². The number of fused-ring (bicyclic) bond motifs is 1. The molecule has 80 valence electrons. The van der Waals surface area contributed by atoms with Crippen LogP contribution >= 0.6 is 11.8 Å². The monoisotopic (exact) mass is 221 g/mol. The van der Waals surface area contributed by atoms with E-state index in [-0.39, 0.29) is 5.91 Å². The van der Waals surface area contributed by atoms with Gasteiger partial charge in [-0.25, -0.2) is 0 Å². The molecule has 1 aromatic carbocycles. The van der Waals surface area contributed by atoms with E-state index in [1.807, 2.05) is 41.8 Å². The lowest BCUT2D eigenvalue weighted by molar-refractivity contribution is -0.118. The van der Waals surface area contributed by atoms with Crippen molar-refractivity contribution in [2.75, 3.05) is 10.7 Å². The van der Waals surface area contributed by atoms with Crippen LogP contribution in [0.3, 0.4) is 0 Å². The zero-order chi connectivity index (χ0) is 10.8. The third-order valence-corrected chi connectivity index (χ3v) is 3.92. The topological polar surface area (TPSA) is 20.3 Å². The predicted molar refractivity (Wildman–Crippen MR) is 64.4 cm³/mol. The van der Waals surface area contributed by atoms with Crippen molar-refractivity contribution < 1.29 is 4.79 Å². The molecule has 0 fully saturated rings. The third-order valence-electron chi connectivity index (χ3n) is 2.62. The standard InChI is InChI=1S/C12H15NOS/c1-3-12(14)13-9(2)8-15-11-7-5-4-6-10(11)13/h4-7,9H,3,8H2,1-2H3. The molecule has 1 aliphatic rings. The first-order valence-corrected chi connectivity index (χ1v) is 6.26. The van der Waals surface area contributed by atoms with E-state index >= 15 is 0 Å². The van der Waals surface area contributed by atoms with Crippen LogP contribution in [0.15, 0.2) is 29.2 Å². The van der Waals surface area contributed by atoms with Crippen molar-refractivity contribution in [3.63, 3.8) is 0 Å². The highest BCUT2D eigenvalue weighted by molar-refractivity contribution is 7.99. The lowest BCUT2D eigenvalue weighted by atomic mass is 10.2. The van der Waals surface area contributed by atoms with E-state index in [1.165, 1.54) is 4.90 Å². The second-order valence-electron chi connectivity index (χ2n) is 3.75. The van der Waals surface area contributed by atoms with E-state index in [2.05, 4.69) is 13.0 Å². The predicted octanol–water partition coefficient (Wildman–Crippen LogP) is 2.92. The minimum absolute atomic E-state index is 0.218. The summed E-state index contributed by atoms with van der Waals surface area (Å²) in [4.78, 5) is 15.0. The van der Waals surface area contributed by atoms with Crippen LogP contribution < -0.4 is 4.90 Å². The fourth-order valence-corrected chi connectivity index (χ4v) is 2.91. The van der Waals surface area contributed by atoms with E-state index < -0.39 is 0 Å². The van der Waals surface area contributed by atoms with Crippen LogP contribution in [0.4, 0.5) is 5.69 Å². The Morgan fingerprint density at radius 1 is 1.53 bits per heavy atom. The number of anilines is 1. The van der Waals surface area contributed by atoms with Crippen LogP contribution in [0.1, 0.15) is 20.3 Å². The maximum atomic E-state index is 11.9. The lowest BCUT2D eigenvalue weighted by Crippen LogP contribution is -2.42. The summed E-state index contributed by atoms with van der Waals surface area (Å²) in [7, 11) is 0. The Kier molecular flexibility index (Phi) is 3.00. The summed E-state index contributed by atoms with van der Waals surface area (Å²) < 4.78 is 0. The van der Waals surface area contributed by atoms with Crippen molar-refractivity contribution in [1.82, 2.24) is 0 Å². The van der Waals surface area contributed by atoms with Gasteiger partial charge in [-0.2, -0.15) is 0 Å². The van der Waals surface area contributed by atoms with Crippen LogP contribution in [-0.2, 0) is 4.79 Å². The minimum atomic E-state index is 0.218. The molecule has 1 unspecified atom stereocenters. The largest absolute Gasteiger partial charge is 0.308 e. The quantitative estimate of drug-likeness (QED) is 0.726. The van der Waals surface area contributed by atoms with Gasteiger partial charge in [0.05, 0.1) is 5.69 Å². The number of para-hydroxylation sites is 1. The first-order chi connectivity index (χ1) is 7.24. The minimum Gasteiger partial charge on any atom is -0.308 e. The highest BCUT2D eigenvalue weighted by Gasteiger charge is 2.27. The molecule has 0 saturated heterocycles. The molecule has 1 aromatic rings. The molecule has 0 spiro atoms. The van der Waals surface area contributed by atoms with Gasteiger partial charge in [0.2, 0.25) is 5.91 Å². The fourth-order valence-electron chi connectivity index (χ4n) is 1.85. The first kappa shape index (κ1) is 10.6. The van der Waals surface area contributed by atoms with Gasteiger partial charge >= 0.3 is 0 Å². The normalized spacial score (nSPS) is 19.9. The molecule has 0 saturated carbocycles. The van der Waals surface area contributed by atoms with Crippen molar-refractivity contribution in [3.05, 3.63) is 24.3 Å². The highest BCUT2D eigenvalue weighted by atomic mass is 32.2. The summed E-state index contributed by atoms with van der Waals surface area (Å²) in [5.74, 6) is 1.21. The zero-order valence-electron chi connectivity index (χ0n) is 9.06. The first-order valence-electron chi connectivity index (χ1n) is 5.28. The summed E-state index contributed by atoms with van der Waals surface area (Å²) >= 11 is 1.83. The van der Waals surface area contributed by atoms with E-state index in [9.17, 15) is 4.79 Å². The number of carbonyl (C=O) groups excluding carboxylic acids is 1. The van der Waals surface area contributed by atoms with Gasteiger partial charge < -0.3 is 4.90 Å². The number of benzene rings is 1. The number of thioether (sulfide) groups is 1. The fraction of sp³-hybridized carbons (Fsp3) is 0.417. The zero-order valence-corrected chi connectivity index (χ0v) is 9.88. The number of hydrogen-bond donors (Lipinski definition) is 0. The molecular formula is C12H15NOS. The third kappa shape index (κ3) is 1.88. The summed E-state index contributed by atoms with van der Waals surface area (Å²) in [6, 6.07) is 8.44. The van der Waals surface area contributed by atoms with Crippen LogP contribution in [0.5, 0.6) is 0 Å². The number of nitrogens with zero attached hydrogens (tertiary/aromatic N) is 1. The smallest absolute Gasteiger partial charge is 0.227 e. The van der Waals surface area contributed by atoms with Crippen LogP contribution in [-0.4, -0.2) is 17.7 Å². The van der Waals surface area contributed by atoms with Crippen LogP contribution in [0, 0.1) is 0 Å². The number of hydrogen-bond acceptors (Lipinski definition) is 2. The van der Waals surface area contributed by atoms with Gasteiger partial charge in [0.15, 0.2) is 0 Å². The van der Waals surface area contributed by atoms with Crippen molar-refractivity contribution in [2.24, 2.45) is 0 Å². The Morgan fingerprint density at radius 2 is 2.27 bits per heavy atom. The van der Waals surface area contributed by atoms with Crippen molar-refractivity contribution >= 4 is 23.4 Å². The molecule has 3 heteroatoms. The Hall–Kier alpha value is -0.960. The molecule has 2 nitrogen and oxygen atoms in total. The molecule has 1 atom stereocenters. The second-order valence-corrected chi connectivity index (χ2v) is 4.81. The summed E-state index contributed by atoms with van der Waals surface area (Å²) in [6.45, 7) is 4.02. The lowest BCUT2D eigenvalue weighted by Gasteiger charge is -2.34. The van der Waals surface area contributed by atoms with E-state index in [1.54, 1.807) is 0 Å². The number of carbonyl (C=O) groups is 1. The van der Waals surface area contributed by atoms with Crippen molar-refractivity contribution in [1.29, 1.82) is 0 Å². The van der Waals surface area contributed by atoms with Crippen molar-refractivity contribution in [2.45, 2.75) is 31.2 Å². The van der Waals surface area contributed by atoms with E-state index in [0.717, 1.165) is 11.4 Å². The van der Waals surface area contributed by atoms with Crippen LogP contribution in [0.2, 0.25) is 0 Å². The molecule has 0 aromatic heterocycles. The summed E-state index contributed by atoms with van der Waals surface area (Å²) in [6.07, 6.45) is 0.573. The molecule has 1 amide bonds. The summed E-state index contributed by atoms with van der Waals surface area (Å²) in [5.41, 5.74) is 1.08. The second kappa shape index (κ2) is 4.27. The van der Waals surface area contributed by atoms with Gasteiger partial charge in [-0.05, 0) is 19.1 Å². The van der Waals surface area contributed by atoms with Gasteiger partial charge in [0.1, 0.15) is 0 Å². The molecule has 0 aliphatic carbocycles. The molecular weight excluding hydrogens is 206 g/mol. The van der Waals surface area contributed by atoms with Gasteiger partial charge in [-0.3, -0.25) is 4.79 Å². The maximum Gasteiger partial charge on any atom is 0.227 e. The van der Waals surface area contributed by atoms with E-state index in [0.29, 0.717) is 12.5 Å². The SMILES string of the molecule is CCC(=O)N1c2ccccc2SCC1C. The molecule has 0 radical (unpaired) electrons. The Bertz CT molecular complexity index is 378. The van der Waals surface area contributed by atoms with Gasteiger partial charge in [-0.15, -0.1) is 11.8 Å². The number of rotatable bonds is 1. The Morgan fingerprint density at radius 3 is 3.00 bits per heavy atom. The van der Waals surface area contributed by atoms with Gasteiger partial charge in [-0.1, -0.05) is 19.1 Å². The Balaban J connectivity index is 2.41. The average Bonchev–Trinajstić information content (AvgIpc) is 2.28. The van der Waals surface area contributed by atoms with Gasteiger partial charge in [0, 0.05) is 23.1 Å². The van der Waals surface area contributed by atoms with Gasteiger partial charge in [0.25, 0.3) is 0 Å². The van der Waals surface area contributed by atoms with E-state index in [4.69, 9.17) is 0 Å². The Labute approximate surface area is 94.7 Å². The molecule has 1 aliphatic heterocycles. The molecule has 2 rings (SSSR count). The highest BCUT2D eigenvalue weighted by Crippen LogP contribution is 2.37.